The lowest BCUT2D eigenvalue weighted by atomic mass is 10.2. The zero-order chi connectivity index (χ0) is 14.1. The van der Waals surface area contributed by atoms with Gasteiger partial charge >= 0.3 is 11.8 Å². The van der Waals surface area contributed by atoms with Crippen LogP contribution in [0, 0.1) is 0 Å². The number of nitrogens with one attached hydrogen (secondary N) is 2. The average molecular weight is 284 g/mol. The molecule has 0 aromatic heterocycles. The molecule has 0 aliphatic rings. The van der Waals surface area contributed by atoms with Crippen molar-refractivity contribution in [3.05, 3.63) is 34.9 Å². The van der Waals surface area contributed by atoms with Crippen LogP contribution in [0.4, 0.5) is 0 Å². The van der Waals surface area contributed by atoms with Crippen LogP contribution in [0.3, 0.4) is 0 Å². The molecule has 1 aromatic rings. The molecule has 0 heterocycles. The minimum absolute atomic E-state index is 0.268. The summed E-state index contributed by atoms with van der Waals surface area (Å²) in [7, 11) is 1.50. The third-order valence-corrected chi connectivity index (χ3v) is 2.30. The Hall–Kier alpha value is -1.92. The van der Waals surface area contributed by atoms with E-state index >= 15 is 0 Å². The highest BCUT2D eigenvalue weighted by Crippen LogP contribution is 2.07. The van der Waals surface area contributed by atoms with Gasteiger partial charge < -0.3 is 10.1 Å². The van der Waals surface area contributed by atoms with Gasteiger partial charge in [-0.2, -0.15) is 5.10 Å². The van der Waals surface area contributed by atoms with E-state index in [-0.39, 0.29) is 6.54 Å². The largest absolute Gasteiger partial charge is 0.383 e. The van der Waals surface area contributed by atoms with E-state index < -0.39 is 11.8 Å². The molecular weight excluding hydrogens is 270 g/mol. The van der Waals surface area contributed by atoms with Crippen LogP contribution in [0.2, 0.25) is 5.02 Å². The Kier molecular flexibility index (Phi) is 6.56. The fourth-order valence-electron chi connectivity index (χ4n) is 1.11. The lowest BCUT2D eigenvalue weighted by molar-refractivity contribution is -0.139. The van der Waals surface area contributed by atoms with Gasteiger partial charge in [-0.05, 0) is 17.7 Å². The summed E-state index contributed by atoms with van der Waals surface area (Å²) in [5, 5.41) is 6.64. The van der Waals surface area contributed by atoms with Crippen molar-refractivity contribution in [1.82, 2.24) is 10.7 Å². The monoisotopic (exact) mass is 283 g/mol. The number of benzene rings is 1. The van der Waals surface area contributed by atoms with E-state index in [9.17, 15) is 9.59 Å². The fraction of sp³-hybridized carbons (Fsp3) is 0.250. The maximum atomic E-state index is 11.3. The van der Waals surface area contributed by atoms with Crippen molar-refractivity contribution >= 4 is 29.6 Å². The highest BCUT2D eigenvalue weighted by molar-refractivity contribution is 6.35. The number of carbonyl (C=O) groups is 2. The van der Waals surface area contributed by atoms with Gasteiger partial charge in [0.05, 0.1) is 12.8 Å². The lowest BCUT2D eigenvalue weighted by Crippen LogP contribution is -2.39. The maximum Gasteiger partial charge on any atom is 0.329 e. The summed E-state index contributed by atoms with van der Waals surface area (Å²) < 4.78 is 4.73. The Morgan fingerprint density at radius 3 is 2.63 bits per heavy atom. The predicted molar refractivity (Wildman–Crippen MR) is 72.1 cm³/mol. The van der Waals surface area contributed by atoms with Gasteiger partial charge in [-0.1, -0.05) is 23.7 Å². The molecule has 7 heteroatoms. The Morgan fingerprint density at radius 1 is 1.32 bits per heavy atom. The molecule has 0 aliphatic heterocycles. The molecule has 0 atom stereocenters. The third kappa shape index (κ3) is 5.98. The zero-order valence-electron chi connectivity index (χ0n) is 10.4. The van der Waals surface area contributed by atoms with Crippen molar-refractivity contribution in [1.29, 1.82) is 0 Å². The molecule has 1 aromatic carbocycles. The first kappa shape index (κ1) is 15.1. The molecule has 0 unspecified atom stereocenters. The van der Waals surface area contributed by atoms with E-state index in [0.29, 0.717) is 11.6 Å². The van der Waals surface area contributed by atoms with Crippen molar-refractivity contribution in [2.75, 3.05) is 20.3 Å². The van der Waals surface area contributed by atoms with Crippen molar-refractivity contribution in [2.24, 2.45) is 5.10 Å². The second-order valence-corrected chi connectivity index (χ2v) is 3.94. The fourth-order valence-corrected chi connectivity index (χ4v) is 1.24. The molecule has 0 saturated heterocycles. The van der Waals surface area contributed by atoms with Crippen LogP contribution in [0.25, 0.3) is 0 Å². The Bertz CT molecular complexity index is 460. The van der Waals surface area contributed by atoms with Crippen LogP contribution < -0.4 is 10.7 Å². The van der Waals surface area contributed by atoms with Gasteiger partial charge in [0, 0.05) is 18.7 Å². The van der Waals surface area contributed by atoms with Gasteiger partial charge in [-0.3, -0.25) is 9.59 Å². The van der Waals surface area contributed by atoms with Crippen molar-refractivity contribution in [3.8, 4) is 0 Å². The van der Waals surface area contributed by atoms with Gasteiger partial charge in [0.2, 0.25) is 0 Å². The van der Waals surface area contributed by atoms with Crippen molar-refractivity contribution in [3.63, 3.8) is 0 Å². The number of hydrogen-bond donors (Lipinski definition) is 2. The maximum absolute atomic E-state index is 11.3. The topological polar surface area (TPSA) is 79.8 Å². The minimum Gasteiger partial charge on any atom is -0.383 e. The number of amides is 2. The molecule has 0 radical (unpaired) electrons. The van der Waals surface area contributed by atoms with Crippen LogP contribution in [0.1, 0.15) is 5.56 Å². The normalized spacial score (nSPS) is 10.4. The van der Waals surface area contributed by atoms with Gasteiger partial charge in [-0.15, -0.1) is 0 Å². The first-order chi connectivity index (χ1) is 9.13. The van der Waals surface area contributed by atoms with Gasteiger partial charge in [-0.25, -0.2) is 5.43 Å². The van der Waals surface area contributed by atoms with E-state index in [1.807, 2.05) is 0 Å². The predicted octanol–water partition coefficient (Wildman–Crippen LogP) is 0.553. The van der Waals surface area contributed by atoms with Crippen LogP contribution in [0.5, 0.6) is 0 Å². The van der Waals surface area contributed by atoms with Crippen LogP contribution in [-0.4, -0.2) is 38.3 Å². The second kappa shape index (κ2) is 8.23. The van der Waals surface area contributed by atoms with Crippen LogP contribution in [-0.2, 0) is 14.3 Å². The molecule has 0 saturated carbocycles. The van der Waals surface area contributed by atoms with Gasteiger partial charge in [0.25, 0.3) is 0 Å². The van der Waals surface area contributed by atoms with E-state index in [2.05, 4.69) is 15.8 Å². The summed E-state index contributed by atoms with van der Waals surface area (Å²) in [6, 6.07) is 6.86. The zero-order valence-corrected chi connectivity index (χ0v) is 11.1. The molecule has 2 amide bonds. The number of methoxy groups -OCH3 is 1. The Labute approximate surface area is 115 Å². The molecule has 0 fully saturated rings. The summed E-state index contributed by atoms with van der Waals surface area (Å²) in [4.78, 5) is 22.5. The number of nitrogens with zero attached hydrogens (tertiary/aromatic N) is 1. The highest BCUT2D eigenvalue weighted by atomic mass is 35.5. The summed E-state index contributed by atoms with van der Waals surface area (Å²) in [5.41, 5.74) is 2.87. The molecular formula is C12H14ClN3O3. The molecule has 2 N–H and O–H groups in total. The lowest BCUT2D eigenvalue weighted by Gasteiger charge is -2.02. The quantitative estimate of drug-likeness (QED) is 0.358. The number of halogens is 1. The van der Waals surface area contributed by atoms with Crippen molar-refractivity contribution < 1.29 is 14.3 Å². The van der Waals surface area contributed by atoms with E-state index in [4.69, 9.17) is 16.3 Å². The number of rotatable bonds is 5. The number of ether oxygens (including phenoxy) is 1. The van der Waals surface area contributed by atoms with E-state index in [0.717, 1.165) is 5.56 Å². The smallest absolute Gasteiger partial charge is 0.329 e. The van der Waals surface area contributed by atoms with Crippen LogP contribution in [0.15, 0.2) is 29.4 Å². The minimum atomic E-state index is -0.832. The third-order valence-electron chi connectivity index (χ3n) is 2.05. The molecule has 0 bridgehead atoms. The first-order valence-corrected chi connectivity index (χ1v) is 5.87. The molecule has 102 valence electrons. The van der Waals surface area contributed by atoms with Gasteiger partial charge in [0.1, 0.15) is 0 Å². The Morgan fingerprint density at radius 2 is 2.00 bits per heavy atom. The summed E-state index contributed by atoms with van der Waals surface area (Å²) >= 11 is 5.72. The van der Waals surface area contributed by atoms with Gasteiger partial charge in [0.15, 0.2) is 0 Å². The number of hydrogen-bond acceptors (Lipinski definition) is 4. The molecule has 0 aliphatic carbocycles. The molecule has 1 rings (SSSR count). The van der Waals surface area contributed by atoms with E-state index in [1.54, 1.807) is 24.3 Å². The highest BCUT2D eigenvalue weighted by Gasteiger charge is 2.10. The second-order valence-electron chi connectivity index (χ2n) is 3.50. The van der Waals surface area contributed by atoms with E-state index in [1.165, 1.54) is 13.3 Å². The molecule has 19 heavy (non-hydrogen) atoms. The SMILES string of the molecule is COCCNC(=O)C(=O)N/N=C\c1ccc(Cl)cc1. The summed E-state index contributed by atoms with van der Waals surface area (Å²) in [5.74, 6) is -1.59. The number of hydrazone groups is 1. The molecule has 0 spiro atoms. The van der Waals surface area contributed by atoms with Crippen LogP contribution >= 0.6 is 11.6 Å². The first-order valence-electron chi connectivity index (χ1n) is 5.49. The summed E-state index contributed by atoms with van der Waals surface area (Å²) in [6.45, 7) is 0.608. The van der Waals surface area contributed by atoms with Crippen molar-refractivity contribution in [2.45, 2.75) is 0 Å². The molecule has 6 nitrogen and oxygen atoms in total. The Balaban J connectivity index is 2.36. The average Bonchev–Trinajstić information content (AvgIpc) is 2.41. The standard InChI is InChI=1S/C12H14ClN3O3/c1-19-7-6-14-11(17)12(18)16-15-8-9-2-4-10(13)5-3-9/h2-5,8H,6-7H2,1H3,(H,14,17)(H,16,18)/b15-8-. The summed E-state index contributed by atoms with van der Waals surface area (Å²) in [6.07, 6.45) is 1.41. The number of carbonyl (C=O) groups excluding carboxylic acids is 2.